The summed E-state index contributed by atoms with van der Waals surface area (Å²) in [6, 6.07) is 8.41. The molecular formula is C15H18BrN3O. The average Bonchev–Trinajstić information content (AvgIpc) is 2.97. The van der Waals surface area contributed by atoms with Crippen molar-refractivity contribution >= 4 is 15.9 Å². The van der Waals surface area contributed by atoms with Crippen molar-refractivity contribution in [1.29, 1.82) is 0 Å². The zero-order valence-electron chi connectivity index (χ0n) is 11.5. The van der Waals surface area contributed by atoms with Gasteiger partial charge in [-0.15, -0.1) is 0 Å². The molecule has 106 valence electrons. The topological polar surface area (TPSA) is 51.0 Å². The highest BCUT2D eigenvalue weighted by molar-refractivity contribution is 9.10. The fraction of sp³-hybridized carbons (Fsp3) is 0.467. The van der Waals surface area contributed by atoms with Crippen molar-refractivity contribution in [2.45, 2.75) is 37.6 Å². The van der Waals surface area contributed by atoms with E-state index >= 15 is 0 Å². The Bertz CT molecular complexity index is 567. The van der Waals surface area contributed by atoms with Crippen LogP contribution in [-0.2, 0) is 0 Å². The van der Waals surface area contributed by atoms with Gasteiger partial charge in [-0.25, -0.2) is 0 Å². The number of nitrogens with zero attached hydrogens (tertiary/aromatic N) is 2. The molecule has 1 aromatic carbocycles. The molecule has 1 saturated carbocycles. The Morgan fingerprint density at radius 1 is 1.20 bits per heavy atom. The van der Waals surface area contributed by atoms with Gasteiger partial charge in [-0.2, -0.15) is 4.98 Å². The molecule has 1 heterocycles. The molecule has 1 aromatic heterocycles. The lowest BCUT2D eigenvalue weighted by molar-refractivity contribution is 0.270. The molecule has 0 saturated heterocycles. The number of halogens is 1. The summed E-state index contributed by atoms with van der Waals surface area (Å²) in [7, 11) is 2.01. The number of nitrogens with one attached hydrogen (secondary N) is 1. The van der Waals surface area contributed by atoms with Crippen LogP contribution in [0.4, 0.5) is 0 Å². The number of rotatable bonds is 3. The molecular weight excluding hydrogens is 318 g/mol. The number of aromatic nitrogens is 2. The maximum absolute atomic E-state index is 5.51. The van der Waals surface area contributed by atoms with Crippen LogP contribution in [0, 0.1) is 0 Å². The van der Waals surface area contributed by atoms with Crippen LogP contribution >= 0.6 is 15.9 Å². The summed E-state index contributed by atoms with van der Waals surface area (Å²) in [5, 5.41) is 7.51. The Labute approximate surface area is 127 Å². The lowest BCUT2D eigenvalue weighted by Gasteiger charge is -2.28. The first-order chi connectivity index (χ1) is 9.78. The summed E-state index contributed by atoms with van der Waals surface area (Å²) < 4.78 is 6.56. The quantitative estimate of drug-likeness (QED) is 0.928. The maximum Gasteiger partial charge on any atom is 0.231 e. The number of benzene rings is 1. The normalized spacial score (nSPS) is 22.9. The Kier molecular flexibility index (Phi) is 4.17. The predicted octanol–water partition coefficient (Wildman–Crippen LogP) is 3.74. The molecule has 4 nitrogen and oxygen atoms in total. The molecule has 2 atom stereocenters. The van der Waals surface area contributed by atoms with Gasteiger partial charge in [-0.05, 0) is 44.2 Å². The molecule has 0 radical (unpaired) electrons. The van der Waals surface area contributed by atoms with Gasteiger partial charge < -0.3 is 9.84 Å². The summed E-state index contributed by atoms with van der Waals surface area (Å²) in [6.07, 6.45) is 4.80. The van der Waals surface area contributed by atoms with Crippen molar-refractivity contribution in [3.63, 3.8) is 0 Å². The first kappa shape index (κ1) is 13.8. The third kappa shape index (κ3) is 2.79. The van der Waals surface area contributed by atoms with Crippen LogP contribution in [0.25, 0.3) is 11.4 Å². The van der Waals surface area contributed by atoms with Crippen LogP contribution in [-0.4, -0.2) is 23.2 Å². The molecule has 3 rings (SSSR count). The van der Waals surface area contributed by atoms with Gasteiger partial charge in [-0.3, -0.25) is 0 Å². The van der Waals surface area contributed by atoms with Crippen molar-refractivity contribution in [2.24, 2.45) is 0 Å². The van der Waals surface area contributed by atoms with Gasteiger partial charge in [-0.1, -0.05) is 33.9 Å². The van der Waals surface area contributed by atoms with Gasteiger partial charge in [0.05, 0.1) is 5.92 Å². The standard InChI is InChI=1S/C15H18BrN3O/c1-17-13-5-3-2-4-12(13)15-18-14(19-20-15)10-6-8-11(16)9-7-10/h6-9,12-13,17H,2-5H2,1H3. The van der Waals surface area contributed by atoms with E-state index in [1.807, 2.05) is 31.3 Å². The average molecular weight is 336 g/mol. The second-order valence-corrected chi connectivity index (χ2v) is 6.16. The highest BCUT2D eigenvalue weighted by Crippen LogP contribution is 2.33. The maximum atomic E-state index is 5.51. The fourth-order valence-corrected chi connectivity index (χ4v) is 3.14. The van der Waals surface area contributed by atoms with E-state index in [-0.39, 0.29) is 0 Å². The molecule has 0 spiro atoms. The summed E-state index contributed by atoms with van der Waals surface area (Å²) in [6.45, 7) is 0. The minimum atomic E-state index is 0.338. The van der Waals surface area contributed by atoms with E-state index in [1.54, 1.807) is 0 Å². The van der Waals surface area contributed by atoms with Crippen molar-refractivity contribution < 1.29 is 4.52 Å². The molecule has 1 aliphatic rings. The van der Waals surface area contributed by atoms with E-state index in [2.05, 4.69) is 31.4 Å². The lowest BCUT2D eigenvalue weighted by Crippen LogP contribution is -2.34. The zero-order chi connectivity index (χ0) is 13.9. The van der Waals surface area contributed by atoms with Crippen molar-refractivity contribution in [3.05, 3.63) is 34.6 Å². The first-order valence-corrected chi connectivity index (χ1v) is 7.84. The minimum Gasteiger partial charge on any atom is -0.339 e. The van der Waals surface area contributed by atoms with Crippen LogP contribution in [0.2, 0.25) is 0 Å². The molecule has 0 bridgehead atoms. The predicted molar refractivity (Wildman–Crippen MR) is 81.5 cm³/mol. The second kappa shape index (κ2) is 6.06. The Balaban J connectivity index is 1.84. The summed E-state index contributed by atoms with van der Waals surface area (Å²) >= 11 is 3.43. The lowest BCUT2D eigenvalue weighted by atomic mass is 9.84. The summed E-state index contributed by atoms with van der Waals surface area (Å²) in [5.74, 6) is 1.78. The highest BCUT2D eigenvalue weighted by atomic mass is 79.9. The summed E-state index contributed by atoms with van der Waals surface area (Å²) in [5.41, 5.74) is 0.986. The zero-order valence-corrected chi connectivity index (χ0v) is 13.1. The van der Waals surface area contributed by atoms with Crippen LogP contribution in [0.3, 0.4) is 0 Å². The highest BCUT2D eigenvalue weighted by Gasteiger charge is 2.29. The van der Waals surface area contributed by atoms with E-state index in [1.165, 1.54) is 19.3 Å². The smallest absolute Gasteiger partial charge is 0.231 e. The summed E-state index contributed by atoms with van der Waals surface area (Å²) in [4.78, 5) is 4.60. The van der Waals surface area contributed by atoms with Gasteiger partial charge in [0.2, 0.25) is 11.7 Å². The van der Waals surface area contributed by atoms with Gasteiger partial charge in [0.25, 0.3) is 0 Å². The molecule has 1 aliphatic carbocycles. The van der Waals surface area contributed by atoms with Crippen LogP contribution in [0.1, 0.15) is 37.5 Å². The van der Waals surface area contributed by atoms with Crippen LogP contribution in [0.5, 0.6) is 0 Å². The first-order valence-electron chi connectivity index (χ1n) is 7.05. The molecule has 20 heavy (non-hydrogen) atoms. The molecule has 1 fully saturated rings. The molecule has 1 N–H and O–H groups in total. The largest absolute Gasteiger partial charge is 0.339 e. The monoisotopic (exact) mass is 335 g/mol. The van der Waals surface area contributed by atoms with Gasteiger partial charge in [0.1, 0.15) is 0 Å². The molecule has 2 aromatic rings. The van der Waals surface area contributed by atoms with Crippen LogP contribution < -0.4 is 5.32 Å². The van der Waals surface area contributed by atoms with E-state index in [0.29, 0.717) is 17.8 Å². The molecule has 2 unspecified atom stereocenters. The van der Waals surface area contributed by atoms with Gasteiger partial charge >= 0.3 is 0 Å². The Hall–Kier alpha value is -1.20. The number of likely N-dealkylation sites (N-methyl/N-ethyl adjacent to an activating group) is 1. The third-order valence-electron chi connectivity index (χ3n) is 4.00. The Morgan fingerprint density at radius 3 is 2.70 bits per heavy atom. The second-order valence-electron chi connectivity index (χ2n) is 5.25. The number of hydrogen-bond acceptors (Lipinski definition) is 4. The van der Waals surface area contributed by atoms with Crippen molar-refractivity contribution in [2.75, 3.05) is 7.05 Å². The minimum absolute atomic E-state index is 0.338. The molecule has 5 heteroatoms. The SMILES string of the molecule is CNC1CCCCC1c1nc(-c2ccc(Br)cc2)no1. The van der Waals surface area contributed by atoms with Gasteiger partial charge in [0, 0.05) is 16.1 Å². The van der Waals surface area contributed by atoms with E-state index in [4.69, 9.17) is 4.52 Å². The van der Waals surface area contributed by atoms with E-state index in [9.17, 15) is 0 Å². The molecule has 0 aliphatic heterocycles. The van der Waals surface area contributed by atoms with E-state index in [0.717, 1.165) is 22.3 Å². The molecule has 0 amide bonds. The van der Waals surface area contributed by atoms with E-state index < -0.39 is 0 Å². The van der Waals surface area contributed by atoms with Gasteiger partial charge in [0.15, 0.2) is 0 Å². The number of hydrogen-bond donors (Lipinski definition) is 1. The fourth-order valence-electron chi connectivity index (χ4n) is 2.87. The van der Waals surface area contributed by atoms with Crippen molar-refractivity contribution in [3.8, 4) is 11.4 Å². The van der Waals surface area contributed by atoms with Crippen molar-refractivity contribution in [1.82, 2.24) is 15.5 Å². The third-order valence-corrected chi connectivity index (χ3v) is 4.53. The van der Waals surface area contributed by atoms with Crippen LogP contribution in [0.15, 0.2) is 33.3 Å². The Morgan fingerprint density at radius 2 is 1.95 bits per heavy atom.